The van der Waals surface area contributed by atoms with Gasteiger partial charge < -0.3 is 4.74 Å². The Balaban J connectivity index is 3.18. The van der Waals surface area contributed by atoms with E-state index in [9.17, 15) is 13.2 Å². The molecule has 0 bridgehead atoms. The van der Waals surface area contributed by atoms with E-state index in [0.29, 0.717) is 18.9 Å². The fourth-order valence-corrected chi connectivity index (χ4v) is 0.708. The molecule has 1 atom stereocenters. The maximum absolute atomic E-state index is 11.6. The van der Waals surface area contributed by atoms with Crippen LogP contribution in [-0.4, -0.2) is 19.4 Å². The number of ether oxygens (including phenoxy) is 1. The SMILES string of the molecule is CCC(C)COCC[CH]C(F)(F)F. The van der Waals surface area contributed by atoms with Crippen LogP contribution in [0, 0.1) is 12.3 Å². The Kier molecular flexibility index (Phi) is 6.12. The highest BCUT2D eigenvalue weighted by Gasteiger charge is 2.26. The van der Waals surface area contributed by atoms with E-state index in [0.717, 1.165) is 6.42 Å². The first kappa shape index (κ1) is 12.8. The smallest absolute Gasteiger partial charge is 0.381 e. The van der Waals surface area contributed by atoms with Crippen LogP contribution in [0.4, 0.5) is 13.2 Å². The number of hydrogen-bond acceptors (Lipinski definition) is 1. The first-order chi connectivity index (χ1) is 5.95. The van der Waals surface area contributed by atoms with Gasteiger partial charge in [-0.2, -0.15) is 13.2 Å². The Morgan fingerprint density at radius 1 is 1.38 bits per heavy atom. The van der Waals surface area contributed by atoms with Gasteiger partial charge in [-0.15, -0.1) is 0 Å². The predicted molar refractivity (Wildman–Crippen MR) is 45.2 cm³/mol. The lowest BCUT2D eigenvalue weighted by molar-refractivity contribution is -0.100. The van der Waals surface area contributed by atoms with Crippen molar-refractivity contribution in [1.82, 2.24) is 0 Å². The van der Waals surface area contributed by atoms with Gasteiger partial charge in [-0.25, -0.2) is 0 Å². The van der Waals surface area contributed by atoms with Crippen LogP contribution in [0.1, 0.15) is 26.7 Å². The molecule has 0 spiro atoms. The van der Waals surface area contributed by atoms with E-state index >= 15 is 0 Å². The zero-order chi connectivity index (χ0) is 10.3. The molecule has 13 heavy (non-hydrogen) atoms. The standard InChI is InChI=1S/C9H16F3O/c1-3-8(2)7-13-6-4-5-9(10,11)12/h5,8H,3-4,6-7H2,1-2H3. The molecule has 0 saturated heterocycles. The van der Waals surface area contributed by atoms with Crippen LogP contribution in [0.15, 0.2) is 0 Å². The van der Waals surface area contributed by atoms with Gasteiger partial charge in [0, 0.05) is 13.2 Å². The van der Waals surface area contributed by atoms with Crippen molar-refractivity contribution in [3.63, 3.8) is 0 Å². The van der Waals surface area contributed by atoms with Crippen molar-refractivity contribution < 1.29 is 17.9 Å². The Bertz CT molecular complexity index is 123. The molecular formula is C9H16F3O. The summed E-state index contributed by atoms with van der Waals surface area (Å²) in [4.78, 5) is 0. The average molecular weight is 197 g/mol. The third kappa shape index (κ3) is 9.67. The minimum absolute atomic E-state index is 0.0556. The number of hydrogen-bond donors (Lipinski definition) is 0. The second-order valence-electron chi connectivity index (χ2n) is 3.12. The van der Waals surface area contributed by atoms with Crippen molar-refractivity contribution in [3.05, 3.63) is 6.42 Å². The summed E-state index contributed by atoms with van der Waals surface area (Å²) in [5, 5.41) is 0. The summed E-state index contributed by atoms with van der Waals surface area (Å²) >= 11 is 0. The van der Waals surface area contributed by atoms with Gasteiger partial charge in [0.05, 0.1) is 6.42 Å². The summed E-state index contributed by atoms with van der Waals surface area (Å²) in [5.41, 5.74) is 0. The second-order valence-corrected chi connectivity index (χ2v) is 3.12. The first-order valence-electron chi connectivity index (χ1n) is 4.44. The molecule has 0 aromatic carbocycles. The fourth-order valence-electron chi connectivity index (χ4n) is 0.708. The van der Waals surface area contributed by atoms with Gasteiger partial charge >= 0.3 is 6.18 Å². The number of rotatable bonds is 6. The Morgan fingerprint density at radius 2 is 2.00 bits per heavy atom. The summed E-state index contributed by atoms with van der Waals surface area (Å²) in [7, 11) is 0. The van der Waals surface area contributed by atoms with E-state index in [4.69, 9.17) is 4.74 Å². The van der Waals surface area contributed by atoms with Crippen LogP contribution in [0.3, 0.4) is 0 Å². The van der Waals surface area contributed by atoms with E-state index in [1.165, 1.54) is 0 Å². The highest BCUT2D eigenvalue weighted by molar-refractivity contribution is 4.73. The van der Waals surface area contributed by atoms with Crippen molar-refractivity contribution in [1.29, 1.82) is 0 Å². The molecular weight excluding hydrogens is 181 g/mol. The molecule has 0 amide bonds. The quantitative estimate of drug-likeness (QED) is 0.594. The Morgan fingerprint density at radius 3 is 2.46 bits per heavy atom. The molecule has 79 valence electrons. The van der Waals surface area contributed by atoms with Gasteiger partial charge in [0.25, 0.3) is 0 Å². The van der Waals surface area contributed by atoms with Gasteiger partial charge in [-0.05, 0) is 12.3 Å². The van der Waals surface area contributed by atoms with E-state index in [1.807, 2.05) is 13.8 Å². The molecule has 0 heterocycles. The summed E-state index contributed by atoms with van der Waals surface area (Å²) in [6.07, 6.45) is -2.91. The lowest BCUT2D eigenvalue weighted by Crippen LogP contribution is -2.11. The van der Waals surface area contributed by atoms with Crippen molar-refractivity contribution in [2.24, 2.45) is 5.92 Å². The lowest BCUT2D eigenvalue weighted by Gasteiger charge is -2.09. The van der Waals surface area contributed by atoms with E-state index in [2.05, 4.69) is 0 Å². The minimum atomic E-state index is -4.17. The van der Waals surface area contributed by atoms with Crippen LogP contribution in [0.5, 0.6) is 0 Å². The molecule has 0 aromatic heterocycles. The number of alkyl halides is 3. The molecule has 0 N–H and O–H groups in total. The van der Waals surface area contributed by atoms with Crippen molar-refractivity contribution >= 4 is 0 Å². The fraction of sp³-hybridized carbons (Fsp3) is 0.889. The zero-order valence-corrected chi connectivity index (χ0v) is 8.03. The largest absolute Gasteiger partial charge is 0.392 e. The summed E-state index contributed by atoms with van der Waals surface area (Å²) in [5.74, 6) is 0.422. The molecule has 1 radical (unpaired) electrons. The molecule has 1 unspecified atom stereocenters. The minimum Gasteiger partial charge on any atom is -0.381 e. The molecule has 0 aliphatic carbocycles. The van der Waals surface area contributed by atoms with Gasteiger partial charge in [0.1, 0.15) is 0 Å². The number of halogens is 3. The average Bonchev–Trinajstić information content (AvgIpc) is 2.01. The Labute approximate surface area is 77.3 Å². The highest BCUT2D eigenvalue weighted by Crippen LogP contribution is 2.19. The van der Waals surface area contributed by atoms with Gasteiger partial charge in [0.2, 0.25) is 0 Å². The molecule has 0 aromatic rings. The second kappa shape index (κ2) is 6.24. The van der Waals surface area contributed by atoms with Gasteiger partial charge in [-0.3, -0.25) is 0 Å². The maximum Gasteiger partial charge on any atom is 0.392 e. The summed E-state index contributed by atoms with van der Waals surface area (Å²) in [6.45, 7) is 4.73. The summed E-state index contributed by atoms with van der Waals surface area (Å²) < 4.78 is 39.8. The zero-order valence-electron chi connectivity index (χ0n) is 8.03. The van der Waals surface area contributed by atoms with Crippen LogP contribution in [-0.2, 0) is 4.74 Å². The summed E-state index contributed by atoms with van der Waals surface area (Å²) in [6, 6.07) is 0. The third-order valence-corrected chi connectivity index (χ3v) is 1.74. The third-order valence-electron chi connectivity index (χ3n) is 1.74. The molecule has 0 rings (SSSR count). The maximum atomic E-state index is 11.6. The topological polar surface area (TPSA) is 9.23 Å². The van der Waals surface area contributed by atoms with E-state index < -0.39 is 6.18 Å². The predicted octanol–water partition coefficient (Wildman–Crippen LogP) is 3.21. The normalized spacial score (nSPS) is 14.5. The monoisotopic (exact) mass is 197 g/mol. The molecule has 4 heteroatoms. The van der Waals surface area contributed by atoms with Crippen molar-refractivity contribution in [3.8, 4) is 0 Å². The van der Waals surface area contributed by atoms with E-state index in [-0.39, 0.29) is 13.0 Å². The first-order valence-corrected chi connectivity index (χ1v) is 4.44. The molecule has 0 saturated carbocycles. The lowest BCUT2D eigenvalue weighted by atomic mass is 10.1. The molecule has 1 nitrogen and oxygen atoms in total. The Hall–Kier alpha value is -0.250. The van der Waals surface area contributed by atoms with Crippen LogP contribution in [0.2, 0.25) is 0 Å². The van der Waals surface area contributed by atoms with Gasteiger partial charge in [-0.1, -0.05) is 20.3 Å². The van der Waals surface area contributed by atoms with Crippen LogP contribution < -0.4 is 0 Å². The van der Waals surface area contributed by atoms with Crippen LogP contribution >= 0.6 is 0 Å². The van der Waals surface area contributed by atoms with Gasteiger partial charge in [0.15, 0.2) is 0 Å². The van der Waals surface area contributed by atoms with Crippen molar-refractivity contribution in [2.45, 2.75) is 32.9 Å². The van der Waals surface area contributed by atoms with Crippen molar-refractivity contribution in [2.75, 3.05) is 13.2 Å². The van der Waals surface area contributed by atoms with E-state index in [1.54, 1.807) is 0 Å². The molecule has 0 aliphatic heterocycles. The molecule has 0 aliphatic rings. The molecule has 0 fully saturated rings. The highest BCUT2D eigenvalue weighted by atomic mass is 19.4. The van der Waals surface area contributed by atoms with Crippen LogP contribution in [0.25, 0.3) is 0 Å².